The van der Waals surface area contributed by atoms with Crippen molar-refractivity contribution in [3.8, 4) is 5.75 Å². The monoisotopic (exact) mass is 863 g/mol. The molecule has 0 aliphatic carbocycles. The molecule has 332 valence electrons. The first-order valence-corrected chi connectivity index (χ1v) is 22.2. The molecule has 4 aromatic carbocycles. The Labute approximate surface area is 374 Å². The number of carbonyl (C=O) groups excluding carboxylic acids is 5. The van der Waals surface area contributed by atoms with Gasteiger partial charge in [-0.15, -0.1) is 6.58 Å². The van der Waals surface area contributed by atoms with Crippen LogP contribution in [0.5, 0.6) is 5.75 Å². The molecule has 3 fully saturated rings. The summed E-state index contributed by atoms with van der Waals surface area (Å²) in [5.74, 6) is -0.378. The van der Waals surface area contributed by atoms with Gasteiger partial charge in [-0.05, 0) is 78.3 Å². The molecule has 3 aliphatic rings. The predicted molar refractivity (Wildman–Crippen MR) is 246 cm³/mol. The van der Waals surface area contributed by atoms with Crippen LogP contribution in [0.3, 0.4) is 0 Å². The minimum absolute atomic E-state index is 0.00905. The van der Waals surface area contributed by atoms with E-state index in [-0.39, 0.29) is 80.1 Å². The number of ketones is 1. The van der Waals surface area contributed by atoms with Gasteiger partial charge in [0.05, 0.1) is 18.6 Å². The van der Waals surface area contributed by atoms with Gasteiger partial charge in [0.25, 0.3) is 5.91 Å². The Balaban J connectivity index is 1.03. The first kappa shape index (κ1) is 43.9. The first-order chi connectivity index (χ1) is 30.9. The highest BCUT2D eigenvalue weighted by Crippen LogP contribution is 2.33. The summed E-state index contributed by atoms with van der Waals surface area (Å²) in [6.07, 6.45) is 5.52. The number of aryl methyl sites for hydroxylation is 2. The van der Waals surface area contributed by atoms with E-state index in [2.05, 4.69) is 6.58 Å². The number of rotatable bonds is 14. The van der Waals surface area contributed by atoms with E-state index in [4.69, 9.17) is 0 Å². The van der Waals surface area contributed by atoms with Gasteiger partial charge in [-0.25, -0.2) is 10.0 Å². The highest BCUT2D eigenvalue weighted by molar-refractivity contribution is 6.09. The molecule has 2 atom stereocenters. The fraction of sp³-hybridized carbons (Fsp3) is 0.353. The van der Waals surface area contributed by atoms with Gasteiger partial charge in [0, 0.05) is 95.0 Å². The number of amides is 4. The van der Waals surface area contributed by atoms with Crippen LogP contribution in [0.4, 0.5) is 5.69 Å². The zero-order chi connectivity index (χ0) is 45.1. The molecule has 13 nitrogen and oxygen atoms in total. The van der Waals surface area contributed by atoms with Crippen LogP contribution in [0.15, 0.2) is 116 Å². The minimum Gasteiger partial charge on any atom is -0.508 e. The second-order valence-electron chi connectivity index (χ2n) is 17.5. The van der Waals surface area contributed by atoms with Crippen LogP contribution in [0.2, 0.25) is 0 Å². The Hall–Kier alpha value is -6.73. The number of anilines is 1. The zero-order valence-corrected chi connectivity index (χ0v) is 36.9. The molecular weight excluding hydrogens is 807 g/mol. The molecular formula is C51H57N7O6. The smallest absolute Gasteiger partial charge is 0.253 e. The lowest BCUT2D eigenvalue weighted by Gasteiger charge is -2.55. The summed E-state index contributed by atoms with van der Waals surface area (Å²) in [6.45, 7) is 5.55. The summed E-state index contributed by atoms with van der Waals surface area (Å²) < 4.78 is 1.95. The van der Waals surface area contributed by atoms with E-state index in [1.165, 1.54) is 0 Å². The van der Waals surface area contributed by atoms with Crippen LogP contribution in [-0.2, 0) is 40.8 Å². The highest BCUT2D eigenvalue weighted by atomic mass is 16.3. The summed E-state index contributed by atoms with van der Waals surface area (Å²) >= 11 is 0. The van der Waals surface area contributed by atoms with E-state index in [0.29, 0.717) is 37.1 Å². The van der Waals surface area contributed by atoms with Crippen molar-refractivity contribution in [2.45, 2.75) is 57.3 Å². The summed E-state index contributed by atoms with van der Waals surface area (Å²) in [4.78, 5) is 77.9. The Morgan fingerprint density at radius 2 is 1.59 bits per heavy atom. The number of aromatic nitrogens is 1. The van der Waals surface area contributed by atoms with E-state index >= 15 is 0 Å². The Morgan fingerprint density at radius 3 is 2.28 bits per heavy atom. The Kier molecular flexibility index (Phi) is 13.0. The molecule has 0 bridgehead atoms. The van der Waals surface area contributed by atoms with E-state index < -0.39 is 12.2 Å². The fourth-order valence-electron chi connectivity index (χ4n) is 9.67. The SMILES string of the molecule is C=CCN1CC(=O)N2[C@@H](Cc3ccc(O)cc3)C(=O)N(Cc3cccc4c(C(=O)CC5CCN(C(=O)c6ccc(N(C)C)cc6)CC5)cn(C)c34)C[C@@H]2N1C(=O)CCc1ccccc1. The number of Topliss-reactive ketones (excluding diaryl/α,β-unsaturated/α-hetero) is 1. The number of aromatic hydroxyl groups is 1. The maximum Gasteiger partial charge on any atom is 0.253 e. The van der Waals surface area contributed by atoms with Crippen LogP contribution < -0.4 is 4.90 Å². The lowest BCUT2D eigenvalue weighted by atomic mass is 9.89. The fourth-order valence-corrected chi connectivity index (χ4v) is 9.67. The van der Waals surface area contributed by atoms with Crippen molar-refractivity contribution in [3.63, 3.8) is 0 Å². The summed E-state index contributed by atoms with van der Waals surface area (Å²) in [7, 11) is 5.84. The number of hydrogen-bond donors (Lipinski definition) is 1. The largest absolute Gasteiger partial charge is 0.508 e. The quantitative estimate of drug-likeness (QED) is 0.105. The average Bonchev–Trinajstić information content (AvgIpc) is 3.65. The van der Waals surface area contributed by atoms with Crippen molar-refractivity contribution in [1.82, 2.24) is 29.3 Å². The van der Waals surface area contributed by atoms with Gasteiger partial charge < -0.3 is 29.3 Å². The molecule has 3 aliphatic heterocycles. The number of nitrogens with zero attached hydrogens (tertiary/aromatic N) is 7. The maximum absolute atomic E-state index is 14.8. The number of fused-ring (bicyclic) bond motifs is 2. The molecule has 8 rings (SSSR count). The van der Waals surface area contributed by atoms with Gasteiger partial charge in [-0.2, -0.15) is 0 Å². The van der Waals surface area contributed by atoms with Crippen molar-refractivity contribution < 1.29 is 29.1 Å². The minimum atomic E-state index is -0.916. The third kappa shape index (κ3) is 9.17. The molecule has 0 saturated carbocycles. The van der Waals surface area contributed by atoms with Crippen LogP contribution in [-0.4, -0.2) is 123 Å². The van der Waals surface area contributed by atoms with Gasteiger partial charge in [-0.3, -0.25) is 24.0 Å². The van der Waals surface area contributed by atoms with E-state index in [1.54, 1.807) is 50.2 Å². The van der Waals surface area contributed by atoms with Crippen molar-refractivity contribution in [2.75, 3.05) is 51.7 Å². The Bertz CT molecular complexity index is 2530. The van der Waals surface area contributed by atoms with Gasteiger partial charge in [0.2, 0.25) is 17.7 Å². The summed E-state index contributed by atoms with van der Waals surface area (Å²) in [5, 5.41) is 14.2. The van der Waals surface area contributed by atoms with E-state index in [1.807, 2.05) is 115 Å². The predicted octanol–water partition coefficient (Wildman–Crippen LogP) is 6.06. The highest BCUT2D eigenvalue weighted by Gasteiger charge is 2.51. The number of likely N-dealkylation sites (tertiary alicyclic amines) is 1. The van der Waals surface area contributed by atoms with Crippen molar-refractivity contribution in [1.29, 1.82) is 0 Å². The molecule has 64 heavy (non-hydrogen) atoms. The average molecular weight is 864 g/mol. The van der Waals surface area contributed by atoms with Gasteiger partial charge in [0.1, 0.15) is 18.0 Å². The number of hydrogen-bond acceptors (Lipinski definition) is 8. The van der Waals surface area contributed by atoms with Crippen molar-refractivity contribution in [3.05, 3.63) is 144 Å². The normalized spacial score (nSPS) is 18.4. The summed E-state index contributed by atoms with van der Waals surface area (Å²) in [6, 6.07) is 28.9. The molecule has 0 unspecified atom stereocenters. The molecule has 5 aromatic rings. The van der Waals surface area contributed by atoms with Crippen molar-refractivity contribution in [2.24, 2.45) is 13.0 Å². The second kappa shape index (κ2) is 18.9. The zero-order valence-electron chi connectivity index (χ0n) is 36.9. The molecule has 4 heterocycles. The molecule has 0 radical (unpaired) electrons. The number of phenolic OH excluding ortho intramolecular Hbond substituents is 1. The standard InChI is InChI=1S/C51H57N7O6/c1-5-26-56-34-48(62)57-44(29-36-14-21-41(59)22-15-36)51(64)55(33-46(57)58(56)47(61)23-16-35-10-7-6-8-11-35)31-39-12-9-13-42-43(32-53(4)49(39)42)45(60)30-37-24-27-54(28-25-37)50(63)38-17-19-40(20-18-38)52(2)3/h5-15,17-22,32,37,44,46,59H,1,16,23-31,33-34H2,2-4H3/t44-,46-/m0/s1. The summed E-state index contributed by atoms with van der Waals surface area (Å²) in [5.41, 5.74) is 5.77. The number of para-hydroxylation sites is 1. The van der Waals surface area contributed by atoms with E-state index in [0.717, 1.165) is 46.1 Å². The molecule has 0 spiro atoms. The first-order valence-electron chi connectivity index (χ1n) is 22.2. The van der Waals surface area contributed by atoms with Gasteiger partial charge in [-0.1, -0.05) is 66.7 Å². The molecule has 4 amide bonds. The molecule has 1 aromatic heterocycles. The third-order valence-electron chi connectivity index (χ3n) is 13.0. The van der Waals surface area contributed by atoms with E-state index in [9.17, 15) is 29.1 Å². The topological polar surface area (TPSA) is 130 Å². The molecule has 13 heteroatoms. The Morgan fingerprint density at radius 1 is 0.875 bits per heavy atom. The molecule has 1 N–H and O–H groups in total. The second-order valence-corrected chi connectivity index (χ2v) is 17.5. The lowest BCUT2D eigenvalue weighted by molar-refractivity contribution is -0.205. The lowest BCUT2D eigenvalue weighted by Crippen LogP contribution is -2.75. The van der Waals surface area contributed by atoms with Crippen LogP contribution in [0.1, 0.15) is 63.1 Å². The number of carbonyl (C=O) groups is 5. The van der Waals surface area contributed by atoms with Crippen LogP contribution in [0.25, 0.3) is 10.9 Å². The third-order valence-corrected chi connectivity index (χ3v) is 13.0. The van der Waals surface area contributed by atoms with Gasteiger partial charge in [0.15, 0.2) is 5.78 Å². The van der Waals surface area contributed by atoms with Crippen molar-refractivity contribution >= 4 is 46.0 Å². The molecule has 3 saturated heterocycles. The van der Waals surface area contributed by atoms with Crippen LogP contribution >= 0.6 is 0 Å². The van der Waals surface area contributed by atoms with Crippen LogP contribution in [0, 0.1) is 5.92 Å². The number of benzene rings is 4. The number of phenols is 1. The maximum atomic E-state index is 14.8. The van der Waals surface area contributed by atoms with Gasteiger partial charge >= 0.3 is 0 Å². The number of hydrazine groups is 1. The number of piperazine rings is 1. The number of piperidine rings is 1.